The molecule has 0 fully saturated rings. The molecule has 0 bridgehead atoms. The molecule has 0 unspecified atom stereocenters. The van der Waals surface area contributed by atoms with Gasteiger partial charge in [0.2, 0.25) is 9.05 Å². The van der Waals surface area contributed by atoms with Gasteiger partial charge in [-0.15, -0.1) is 0 Å². The van der Waals surface area contributed by atoms with Gasteiger partial charge in [-0.3, -0.25) is 0 Å². The molecule has 6 heteroatoms. The zero-order valence-electron chi connectivity index (χ0n) is 11.1. The highest BCUT2D eigenvalue weighted by Crippen LogP contribution is 2.18. The van der Waals surface area contributed by atoms with E-state index in [2.05, 4.69) is 13.8 Å². The van der Waals surface area contributed by atoms with E-state index in [4.69, 9.17) is 20.2 Å². The highest BCUT2D eigenvalue weighted by Gasteiger charge is 2.04. The molecule has 1 rings (SSSR count). The summed E-state index contributed by atoms with van der Waals surface area (Å²) >= 11 is 0. The van der Waals surface area contributed by atoms with Crippen LogP contribution in [0.3, 0.4) is 0 Å². The van der Waals surface area contributed by atoms with E-state index in [1.165, 1.54) is 5.56 Å². The molecule has 1 aromatic rings. The summed E-state index contributed by atoms with van der Waals surface area (Å²) in [6.07, 6.45) is 0. The van der Waals surface area contributed by atoms with Crippen LogP contribution in [-0.4, -0.2) is 34.0 Å². The fraction of sp³-hybridized carbons (Fsp3) is 0.538. The zero-order valence-corrected chi connectivity index (χ0v) is 12.7. The molecule has 0 heterocycles. The van der Waals surface area contributed by atoms with Crippen LogP contribution in [0.25, 0.3) is 0 Å². The second-order valence-corrected chi connectivity index (χ2v) is 7.32. The summed E-state index contributed by atoms with van der Waals surface area (Å²) in [5, 5.41) is 0. The zero-order chi connectivity index (χ0) is 14.3. The Morgan fingerprint density at radius 1 is 1.11 bits per heavy atom. The largest absolute Gasteiger partial charge is 0.491 e. The second-order valence-electron chi connectivity index (χ2n) is 4.43. The van der Waals surface area contributed by atoms with Gasteiger partial charge in [0.15, 0.2) is 0 Å². The van der Waals surface area contributed by atoms with Gasteiger partial charge >= 0.3 is 0 Å². The molecular weight excluding hydrogens is 288 g/mol. The van der Waals surface area contributed by atoms with Crippen LogP contribution in [-0.2, 0) is 13.8 Å². The topological polar surface area (TPSA) is 52.6 Å². The summed E-state index contributed by atoms with van der Waals surface area (Å²) in [5.41, 5.74) is 1.26. The average Bonchev–Trinajstić information content (AvgIpc) is 2.33. The van der Waals surface area contributed by atoms with Crippen LogP contribution < -0.4 is 4.74 Å². The van der Waals surface area contributed by atoms with Crippen molar-refractivity contribution in [1.29, 1.82) is 0 Å². The van der Waals surface area contributed by atoms with Crippen molar-refractivity contribution in [3.05, 3.63) is 29.8 Å². The van der Waals surface area contributed by atoms with E-state index in [1.807, 2.05) is 24.3 Å². The van der Waals surface area contributed by atoms with Gasteiger partial charge in [-0.25, -0.2) is 8.42 Å². The van der Waals surface area contributed by atoms with Gasteiger partial charge in [0.1, 0.15) is 12.4 Å². The fourth-order valence-electron chi connectivity index (χ4n) is 1.43. The van der Waals surface area contributed by atoms with Crippen molar-refractivity contribution < 1.29 is 17.9 Å². The number of hydrogen-bond donors (Lipinski definition) is 0. The summed E-state index contributed by atoms with van der Waals surface area (Å²) in [6.45, 7) is 5.06. The molecule has 0 N–H and O–H groups in total. The summed E-state index contributed by atoms with van der Waals surface area (Å²) in [7, 11) is 1.57. The van der Waals surface area contributed by atoms with Crippen molar-refractivity contribution in [2.75, 3.05) is 25.6 Å². The first-order chi connectivity index (χ1) is 8.88. The fourth-order valence-corrected chi connectivity index (χ4v) is 1.93. The van der Waals surface area contributed by atoms with E-state index >= 15 is 0 Å². The van der Waals surface area contributed by atoms with E-state index in [9.17, 15) is 8.42 Å². The molecule has 0 aromatic heterocycles. The Kier molecular flexibility index (Phi) is 6.62. The van der Waals surface area contributed by atoms with Crippen molar-refractivity contribution in [2.24, 2.45) is 0 Å². The Morgan fingerprint density at radius 3 is 2.26 bits per heavy atom. The van der Waals surface area contributed by atoms with Gasteiger partial charge in [-0.1, -0.05) is 26.0 Å². The minimum Gasteiger partial charge on any atom is -0.491 e. The average molecular weight is 307 g/mol. The molecule has 0 aliphatic carbocycles. The predicted molar refractivity (Wildman–Crippen MR) is 76.5 cm³/mol. The molecular formula is C13H19ClO4S. The van der Waals surface area contributed by atoms with Crippen molar-refractivity contribution in [1.82, 2.24) is 0 Å². The Hall–Kier alpha value is -0.780. The predicted octanol–water partition coefficient (Wildman–Crippen LogP) is 2.77. The molecule has 19 heavy (non-hydrogen) atoms. The Balaban J connectivity index is 2.19. The third-order valence-corrected chi connectivity index (χ3v) is 3.63. The van der Waals surface area contributed by atoms with Crippen LogP contribution >= 0.6 is 10.7 Å². The molecule has 0 amide bonds. The van der Waals surface area contributed by atoms with Crippen LogP contribution in [0, 0.1) is 0 Å². The van der Waals surface area contributed by atoms with E-state index in [1.54, 1.807) is 0 Å². The summed E-state index contributed by atoms with van der Waals surface area (Å²) < 4.78 is 31.8. The maximum absolute atomic E-state index is 10.6. The van der Waals surface area contributed by atoms with Gasteiger partial charge < -0.3 is 9.47 Å². The Morgan fingerprint density at radius 2 is 1.74 bits per heavy atom. The normalized spacial score (nSPS) is 11.8. The van der Waals surface area contributed by atoms with Gasteiger partial charge in [0.05, 0.1) is 19.0 Å². The highest BCUT2D eigenvalue weighted by molar-refractivity contribution is 8.13. The van der Waals surface area contributed by atoms with E-state index in [0.29, 0.717) is 19.1 Å². The van der Waals surface area contributed by atoms with Crippen molar-refractivity contribution in [3.8, 4) is 5.75 Å². The lowest BCUT2D eigenvalue weighted by Crippen LogP contribution is -2.11. The van der Waals surface area contributed by atoms with Gasteiger partial charge in [0.25, 0.3) is 0 Å². The quantitative estimate of drug-likeness (QED) is 0.547. The molecule has 0 radical (unpaired) electrons. The molecule has 1 aromatic carbocycles. The van der Waals surface area contributed by atoms with Crippen LogP contribution in [0.2, 0.25) is 0 Å². The number of ether oxygens (including phenoxy) is 2. The SMILES string of the molecule is CC(C)c1ccc(OCCOCCS(=O)(=O)Cl)cc1. The minimum atomic E-state index is -3.47. The first-order valence-corrected chi connectivity index (χ1v) is 8.59. The number of hydrogen-bond acceptors (Lipinski definition) is 4. The van der Waals surface area contributed by atoms with Crippen LogP contribution in [0.15, 0.2) is 24.3 Å². The van der Waals surface area contributed by atoms with Gasteiger partial charge in [-0.2, -0.15) is 0 Å². The smallest absolute Gasteiger partial charge is 0.234 e. The molecule has 4 nitrogen and oxygen atoms in total. The second kappa shape index (κ2) is 7.72. The molecule has 108 valence electrons. The molecule has 0 aliphatic rings. The van der Waals surface area contributed by atoms with Crippen LogP contribution in [0.5, 0.6) is 5.75 Å². The van der Waals surface area contributed by atoms with Crippen LogP contribution in [0.4, 0.5) is 0 Å². The summed E-state index contributed by atoms with van der Waals surface area (Å²) in [4.78, 5) is 0. The molecule has 0 spiro atoms. The summed E-state index contributed by atoms with van der Waals surface area (Å²) in [5.74, 6) is 1.09. The van der Waals surface area contributed by atoms with Crippen LogP contribution in [0.1, 0.15) is 25.3 Å². The van der Waals surface area contributed by atoms with Gasteiger partial charge in [-0.05, 0) is 23.6 Å². The van der Waals surface area contributed by atoms with Gasteiger partial charge in [0, 0.05) is 10.7 Å². The van der Waals surface area contributed by atoms with E-state index in [-0.39, 0.29) is 12.4 Å². The minimum absolute atomic E-state index is 0.0848. The Bertz CT molecular complexity index is 468. The molecule has 0 atom stereocenters. The van der Waals surface area contributed by atoms with Crippen molar-refractivity contribution in [2.45, 2.75) is 19.8 Å². The molecule has 0 saturated carbocycles. The van der Waals surface area contributed by atoms with E-state index < -0.39 is 9.05 Å². The maximum Gasteiger partial charge on any atom is 0.234 e. The number of rotatable bonds is 8. The summed E-state index contributed by atoms with van der Waals surface area (Å²) in [6, 6.07) is 7.89. The Labute approximate surface area is 119 Å². The number of benzene rings is 1. The number of halogens is 1. The first kappa shape index (κ1) is 16.3. The van der Waals surface area contributed by atoms with E-state index in [0.717, 1.165) is 5.75 Å². The highest BCUT2D eigenvalue weighted by atomic mass is 35.7. The standard InChI is InChI=1S/C13H19ClO4S/c1-11(2)12-3-5-13(6-4-12)18-8-7-17-9-10-19(14,15)16/h3-6,11H,7-10H2,1-2H3. The van der Waals surface area contributed by atoms with Crippen molar-refractivity contribution >= 4 is 19.7 Å². The molecule has 0 aliphatic heterocycles. The molecule has 0 saturated heterocycles. The lowest BCUT2D eigenvalue weighted by atomic mass is 10.0. The third kappa shape index (κ3) is 7.40. The first-order valence-electron chi connectivity index (χ1n) is 6.11. The lowest BCUT2D eigenvalue weighted by Gasteiger charge is -2.09. The maximum atomic E-state index is 10.6. The third-order valence-electron chi connectivity index (χ3n) is 2.51. The monoisotopic (exact) mass is 306 g/mol. The van der Waals surface area contributed by atoms with Crippen molar-refractivity contribution in [3.63, 3.8) is 0 Å². The lowest BCUT2D eigenvalue weighted by molar-refractivity contribution is 0.111.